The zero-order valence-corrected chi connectivity index (χ0v) is 20.5. The number of carbonyl (C=O) groups is 2. The molecule has 1 unspecified atom stereocenters. The van der Waals surface area contributed by atoms with Gasteiger partial charge in [-0.2, -0.15) is 0 Å². The summed E-state index contributed by atoms with van der Waals surface area (Å²) in [4.78, 5) is 29.8. The van der Waals surface area contributed by atoms with E-state index in [-0.39, 0.29) is 28.5 Å². The van der Waals surface area contributed by atoms with Crippen LogP contribution < -0.4 is 14.4 Å². The first-order valence-electron chi connectivity index (χ1n) is 10.8. The standard InChI is InChI=1S/C26H25ClN2O6/c1-28(2)16-9-7-15(8-10-16)23-22(25(31)26(32)29(23)14-17-6-5-11-35-17)24(30)18-12-19(27)21(34-4)13-20(18)33-3/h5-13,23,30H,14H2,1-4H3/b24-22+. The van der Waals surface area contributed by atoms with Crippen molar-refractivity contribution in [2.75, 3.05) is 33.2 Å². The van der Waals surface area contributed by atoms with Crippen molar-refractivity contribution in [3.8, 4) is 11.5 Å². The van der Waals surface area contributed by atoms with Gasteiger partial charge in [-0.25, -0.2) is 0 Å². The fourth-order valence-electron chi connectivity index (χ4n) is 4.11. The van der Waals surface area contributed by atoms with Gasteiger partial charge < -0.3 is 28.8 Å². The van der Waals surface area contributed by atoms with Crippen LogP contribution in [0.4, 0.5) is 5.69 Å². The third-order valence-electron chi connectivity index (χ3n) is 5.90. The molecule has 35 heavy (non-hydrogen) atoms. The molecule has 182 valence electrons. The van der Waals surface area contributed by atoms with Crippen LogP contribution in [-0.4, -0.2) is 50.0 Å². The lowest BCUT2D eigenvalue weighted by molar-refractivity contribution is -0.140. The lowest BCUT2D eigenvalue weighted by Crippen LogP contribution is -2.29. The van der Waals surface area contributed by atoms with E-state index in [0.29, 0.717) is 17.1 Å². The highest BCUT2D eigenvalue weighted by Crippen LogP contribution is 2.43. The normalized spacial score (nSPS) is 17.1. The Hall–Kier alpha value is -3.91. The summed E-state index contributed by atoms with van der Waals surface area (Å²) in [7, 11) is 6.71. The second kappa shape index (κ2) is 9.76. The molecule has 9 heteroatoms. The molecule has 0 bridgehead atoms. The average molecular weight is 497 g/mol. The number of amides is 1. The van der Waals surface area contributed by atoms with Gasteiger partial charge >= 0.3 is 0 Å². The number of benzene rings is 2. The van der Waals surface area contributed by atoms with E-state index >= 15 is 0 Å². The van der Waals surface area contributed by atoms with Crippen LogP contribution in [0.5, 0.6) is 11.5 Å². The van der Waals surface area contributed by atoms with Gasteiger partial charge in [0, 0.05) is 25.8 Å². The number of hydrogen-bond donors (Lipinski definition) is 1. The summed E-state index contributed by atoms with van der Waals surface area (Å²) in [5, 5.41) is 11.6. The van der Waals surface area contributed by atoms with Gasteiger partial charge in [0.05, 0.1) is 49.2 Å². The minimum Gasteiger partial charge on any atom is -0.507 e. The van der Waals surface area contributed by atoms with Crippen LogP contribution in [0.2, 0.25) is 5.02 Å². The number of carbonyl (C=O) groups excluding carboxylic acids is 2. The van der Waals surface area contributed by atoms with E-state index in [9.17, 15) is 14.7 Å². The summed E-state index contributed by atoms with van der Waals surface area (Å²) < 4.78 is 16.1. The molecule has 0 spiro atoms. The first-order valence-corrected chi connectivity index (χ1v) is 11.1. The van der Waals surface area contributed by atoms with Crippen LogP contribution in [0.3, 0.4) is 0 Å². The molecule has 0 radical (unpaired) electrons. The summed E-state index contributed by atoms with van der Waals surface area (Å²) >= 11 is 6.30. The topological polar surface area (TPSA) is 92.4 Å². The maximum Gasteiger partial charge on any atom is 0.296 e. The smallest absolute Gasteiger partial charge is 0.296 e. The molecule has 1 aliphatic rings. The zero-order valence-electron chi connectivity index (χ0n) is 19.7. The molecule has 0 aliphatic carbocycles. The van der Waals surface area contributed by atoms with Crippen LogP contribution in [-0.2, 0) is 16.1 Å². The van der Waals surface area contributed by atoms with Crippen LogP contribution in [0.1, 0.15) is 22.9 Å². The molecular formula is C26H25ClN2O6. The van der Waals surface area contributed by atoms with Crippen molar-refractivity contribution >= 4 is 34.7 Å². The Morgan fingerprint density at radius 3 is 2.34 bits per heavy atom. The number of ether oxygens (including phenoxy) is 2. The molecular weight excluding hydrogens is 472 g/mol. The molecule has 3 aromatic rings. The first kappa shape index (κ1) is 24.2. The molecule has 1 aliphatic heterocycles. The van der Waals surface area contributed by atoms with Gasteiger partial charge in [0.25, 0.3) is 11.7 Å². The second-order valence-corrected chi connectivity index (χ2v) is 8.59. The van der Waals surface area contributed by atoms with Gasteiger partial charge in [-0.3, -0.25) is 9.59 Å². The number of halogens is 1. The number of furan rings is 1. The molecule has 2 aromatic carbocycles. The Balaban J connectivity index is 1.91. The van der Waals surface area contributed by atoms with E-state index in [0.717, 1.165) is 5.69 Å². The number of rotatable bonds is 7. The lowest BCUT2D eigenvalue weighted by atomic mass is 9.94. The molecule has 1 aromatic heterocycles. The molecule has 2 heterocycles. The fraction of sp³-hybridized carbons (Fsp3) is 0.231. The number of likely N-dealkylation sites (tertiary alicyclic amines) is 1. The third-order valence-corrected chi connectivity index (χ3v) is 6.20. The summed E-state index contributed by atoms with van der Waals surface area (Å²) in [5.74, 6) is -0.870. The van der Waals surface area contributed by atoms with Gasteiger partial charge in [-0.15, -0.1) is 0 Å². The van der Waals surface area contributed by atoms with Crippen molar-refractivity contribution in [1.82, 2.24) is 4.90 Å². The minimum absolute atomic E-state index is 0.0506. The molecule has 8 nitrogen and oxygen atoms in total. The van der Waals surface area contributed by atoms with Crippen molar-refractivity contribution in [3.05, 3.63) is 82.3 Å². The van der Waals surface area contributed by atoms with Crippen molar-refractivity contribution in [2.24, 2.45) is 0 Å². The Labute approximate surface area is 207 Å². The van der Waals surface area contributed by atoms with Crippen LogP contribution >= 0.6 is 11.6 Å². The number of anilines is 1. The van der Waals surface area contributed by atoms with Crippen molar-refractivity contribution in [2.45, 2.75) is 12.6 Å². The van der Waals surface area contributed by atoms with Crippen LogP contribution in [0.15, 0.2) is 64.8 Å². The van der Waals surface area contributed by atoms with E-state index < -0.39 is 23.5 Å². The predicted molar refractivity (Wildman–Crippen MR) is 132 cm³/mol. The second-order valence-electron chi connectivity index (χ2n) is 8.18. The Kier molecular flexibility index (Phi) is 6.75. The van der Waals surface area contributed by atoms with Crippen molar-refractivity contribution in [3.63, 3.8) is 0 Å². The fourth-order valence-corrected chi connectivity index (χ4v) is 4.35. The highest BCUT2D eigenvalue weighted by atomic mass is 35.5. The SMILES string of the molecule is COc1cc(OC)c(/C(O)=C2\C(=O)C(=O)N(Cc3ccco3)C2c2ccc(N(C)C)cc2)cc1Cl. The Morgan fingerprint density at radius 2 is 1.77 bits per heavy atom. The molecule has 1 atom stereocenters. The number of aliphatic hydroxyl groups excluding tert-OH is 1. The quantitative estimate of drug-likeness (QED) is 0.289. The maximum atomic E-state index is 13.3. The summed E-state index contributed by atoms with van der Waals surface area (Å²) in [5.41, 5.74) is 1.70. The monoisotopic (exact) mass is 496 g/mol. The molecule has 0 saturated carbocycles. The van der Waals surface area contributed by atoms with E-state index in [1.807, 2.05) is 43.3 Å². The van der Waals surface area contributed by atoms with Gasteiger partial charge in [0.2, 0.25) is 0 Å². The number of aliphatic hydroxyl groups is 1. The van der Waals surface area contributed by atoms with Crippen LogP contribution in [0.25, 0.3) is 5.76 Å². The Morgan fingerprint density at radius 1 is 1.09 bits per heavy atom. The molecule has 4 rings (SSSR count). The van der Waals surface area contributed by atoms with E-state index in [1.165, 1.54) is 37.5 Å². The number of Topliss-reactive ketones (excluding diaryl/α,β-unsaturated/α-hetero) is 1. The third kappa shape index (κ3) is 4.44. The number of nitrogens with zero attached hydrogens (tertiary/aromatic N) is 2. The molecule has 1 N–H and O–H groups in total. The van der Waals surface area contributed by atoms with Gasteiger partial charge in [0.1, 0.15) is 23.0 Å². The highest BCUT2D eigenvalue weighted by Gasteiger charge is 2.46. The Bertz CT molecular complexity index is 1280. The minimum atomic E-state index is -0.859. The van der Waals surface area contributed by atoms with E-state index in [4.69, 9.17) is 25.5 Å². The van der Waals surface area contributed by atoms with Gasteiger partial charge in [0.15, 0.2) is 0 Å². The summed E-state index contributed by atoms with van der Waals surface area (Å²) in [6, 6.07) is 12.9. The maximum absolute atomic E-state index is 13.3. The molecule has 1 fully saturated rings. The van der Waals surface area contributed by atoms with Gasteiger partial charge in [-0.1, -0.05) is 23.7 Å². The molecule has 1 saturated heterocycles. The number of ketones is 1. The molecule has 1 amide bonds. The predicted octanol–water partition coefficient (Wildman–Crippen LogP) is 4.64. The van der Waals surface area contributed by atoms with Gasteiger partial charge in [-0.05, 0) is 35.9 Å². The van der Waals surface area contributed by atoms with E-state index in [2.05, 4.69) is 0 Å². The van der Waals surface area contributed by atoms with Crippen molar-refractivity contribution < 1.29 is 28.6 Å². The first-order chi connectivity index (χ1) is 16.8. The number of hydrogen-bond acceptors (Lipinski definition) is 7. The zero-order chi connectivity index (χ0) is 25.3. The summed E-state index contributed by atoms with van der Waals surface area (Å²) in [6.45, 7) is 0.0506. The largest absolute Gasteiger partial charge is 0.507 e. The highest BCUT2D eigenvalue weighted by molar-refractivity contribution is 6.46. The number of methoxy groups -OCH3 is 2. The average Bonchev–Trinajstić information content (AvgIpc) is 3.46. The van der Waals surface area contributed by atoms with Crippen LogP contribution in [0, 0.1) is 0 Å². The van der Waals surface area contributed by atoms with Crippen molar-refractivity contribution in [1.29, 1.82) is 0 Å². The lowest BCUT2D eigenvalue weighted by Gasteiger charge is -2.25. The summed E-state index contributed by atoms with van der Waals surface area (Å²) in [6.07, 6.45) is 1.50. The van der Waals surface area contributed by atoms with E-state index in [1.54, 1.807) is 12.1 Å².